The SMILES string of the molecule is O=C(Nc1cc(-c2cncc(NCC3CCOCC3)n2)c(Cl)cn1)[C@H]1CNC[C@H](C(F)(F)F)C1. The summed E-state index contributed by atoms with van der Waals surface area (Å²) in [6.07, 6.45) is 1.89. The molecular weight excluding hydrogens is 473 g/mol. The van der Waals surface area contributed by atoms with Crippen molar-refractivity contribution >= 4 is 29.1 Å². The van der Waals surface area contributed by atoms with Crippen LogP contribution < -0.4 is 16.0 Å². The zero-order valence-corrected chi connectivity index (χ0v) is 19.1. The fraction of sp³-hybridized carbons (Fsp3) is 0.545. The van der Waals surface area contributed by atoms with E-state index in [1.165, 1.54) is 6.20 Å². The van der Waals surface area contributed by atoms with Crippen LogP contribution >= 0.6 is 11.6 Å². The van der Waals surface area contributed by atoms with Crippen LogP contribution in [0.3, 0.4) is 0 Å². The molecule has 2 fully saturated rings. The van der Waals surface area contributed by atoms with Crippen LogP contribution in [-0.2, 0) is 9.53 Å². The van der Waals surface area contributed by atoms with Crippen molar-refractivity contribution in [1.82, 2.24) is 20.3 Å². The number of amides is 1. The molecule has 2 saturated heterocycles. The molecule has 2 aromatic rings. The van der Waals surface area contributed by atoms with E-state index < -0.39 is 23.9 Å². The summed E-state index contributed by atoms with van der Waals surface area (Å²) in [5, 5.41) is 8.91. The van der Waals surface area contributed by atoms with E-state index in [4.69, 9.17) is 16.3 Å². The van der Waals surface area contributed by atoms with Gasteiger partial charge in [0.1, 0.15) is 11.6 Å². The maximum atomic E-state index is 13.1. The lowest BCUT2D eigenvalue weighted by Crippen LogP contribution is -2.46. The monoisotopic (exact) mass is 498 g/mol. The lowest BCUT2D eigenvalue weighted by atomic mass is 9.89. The average Bonchev–Trinajstić information content (AvgIpc) is 2.84. The second-order valence-corrected chi connectivity index (χ2v) is 9.00. The Kier molecular flexibility index (Phi) is 7.84. The summed E-state index contributed by atoms with van der Waals surface area (Å²) in [6, 6.07) is 1.55. The van der Waals surface area contributed by atoms with Gasteiger partial charge in [-0.05, 0) is 31.2 Å². The van der Waals surface area contributed by atoms with Crippen molar-refractivity contribution in [3.8, 4) is 11.3 Å². The van der Waals surface area contributed by atoms with Gasteiger partial charge in [0.2, 0.25) is 5.91 Å². The highest BCUT2D eigenvalue weighted by atomic mass is 35.5. The first-order chi connectivity index (χ1) is 16.3. The van der Waals surface area contributed by atoms with Crippen molar-refractivity contribution in [1.29, 1.82) is 0 Å². The Morgan fingerprint density at radius 2 is 1.97 bits per heavy atom. The van der Waals surface area contributed by atoms with E-state index >= 15 is 0 Å². The van der Waals surface area contributed by atoms with Gasteiger partial charge in [0.05, 0.1) is 34.9 Å². The Labute approximate surface area is 200 Å². The molecule has 0 radical (unpaired) electrons. The molecule has 2 atom stereocenters. The molecule has 8 nitrogen and oxygen atoms in total. The average molecular weight is 499 g/mol. The smallest absolute Gasteiger partial charge is 0.381 e. The van der Waals surface area contributed by atoms with E-state index in [0.717, 1.165) is 32.6 Å². The summed E-state index contributed by atoms with van der Waals surface area (Å²) in [5.41, 5.74) is 0.987. The number of halogens is 4. The van der Waals surface area contributed by atoms with Gasteiger partial charge in [-0.3, -0.25) is 9.78 Å². The van der Waals surface area contributed by atoms with Crippen LogP contribution in [0.4, 0.5) is 24.8 Å². The van der Waals surface area contributed by atoms with Gasteiger partial charge >= 0.3 is 6.18 Å². The van der Waals surface area contributed by atoms with Crippen LogP contribution in [-0.4, -0.2) is 59.9 Å². The van der Waals surface area contributed by atoms with Crippen molar-refractivity contribution in [2.75, 3.05) is 43.5 Å². The number of aromatic nitrogens is 3. The highest BCUT2D eigenvalue weighted by Crippen LogP contribution is 2.33. The third kappa shape index (κ3) is 6.34. The molecule has 0 bridgehead atoms. The molecular formula is C22H26ClF3N6O2. The zero-order valence-electron chi connectivity index (χ0n) is 18.4. The maximum Gasteiger partial charge on any atom is 0.393 e. The number of anilines is 2. The van der Waals surface area contributed by atoms with Crippen LogP contribution in [0.2, 0.25) is 5.02 Å². The van der Waals surface area contributed by atoms with Gasteiger partial charge in [0.25, 0.3) is 0 Å². The summed E-state index contributed by atoms with van der Waals surface area (Å²) >= 11 is 6.32. The Balaban J connectivity index is 1.43. The van der Waals surface area contributed by atoms with Gasteiger partial charge in [-0.15, -0.1) is 0 Å². The highest BCUT2D eigenvalue weighted by molar-refractivity contribution is 6.33. The normalized spacial score (nSPS) is 21.8. The molecule has 0 saturated carbocycles. The molecule has 2 aliphatic heterocycles. The van der Waals surface area contributed by atoms with Crippen molar-refractivity contribution < 1.29 is 22.7 Å². The molecule has 184 valence electrons. The minimum absolute atomic E-state index is 0.172. The summed E-state index contributed by atoms with van der Waals surface area (Å²) in [7, 11) is 0. The lowest BCUT2D eigenvalue weighted by Gasteiger charge is -2.30. The molecule has 0 aromatic carbocycles. The quantitative estimate of drug-likeness (QED) is 0.557. The first kappa shape index (κ1) is 24.6. The molecule has 0 aliphatic carbocycles. The number of pyridine rings is 1. The Bertz CT molecular complexity index is 1000. The molecule has 0 spiro atoms. The first-order valence-electron chi connectivity index (χ1n) is 11.2. The topological polar surface area (TPSA) is 101 Å². The van der Waals surface area contributed by atoms with Crippen LogP contribution in [0, 0.1) is 17.8 Å². The third-order valence-corrected chi connectivity index (χ3v) is 6.42. The molecule has 12 heteroatoms. The number of alkyl halides is 3. The molecule has 1 amide bonds. The summed E-state index contributed by atoms with van der Waals surface area (Å²) in [6.45, 7) is 2.25. The van der Waals surface area contributed by atoms with Crippen LogP contribution in [0.25, 0.3) is 11.3 Å². The number of ether oxygens (including phenoxy) is 1. The molecule has 2 aliphatic rings. The number of nitrogens with zero attached hydrogens (tertiary/aromatic N) is 3. The van der Waals surface area contributed by atoms with E-state index in [-0.39, 0.29) is 25.3 Å². The van der Waals surface area contributed by atoms with Crippen molar-refractivity contribution in [3.05, 3.63) is 29.7 Å². The Hall–Kier alpha value is -2.50. The van der Waals surface area contributed by atoms with Gasteiger partial charge < -0.3 is 20.7 Å². The minimum atomic E-state index is -4.35. The van der Waals surface area contributed by atoms with Crippen molar-refractivity contribution in [2.24, 2.45) is 17.8 Å². The summed E-state index contributed by atoms with van der Waals surface area (Å²) in [5.74, 6) is -1.64. The third-order valence-electron chi connectivity index (χ3n) is 6.11. The standard InChI is InChI=1S/C22H26ClF3N6O2/c23-17-10-30-19(32-21(33)14-5-15(9-27-8-14)22(24,25)26)6-16(17)18-11-28-12-20(31-18)29-7-13-1-3-34-4-2-13/h6,10-15,27H,1-5,7-9H2,(H,29,31)(H,30,32,33)/t14-,15-/m1/s1. The van der Waals surface area contributed by atoms with Crippen LogP contribution in [0.15, 0.2) is 24.7 Å². The number of nitrogens with one attached hydrogen (secondary N) is 3. The molecule has 3 N–H and O–H groups in total. The van der Waals surface area contributed by atoms with Gasteiger partial charge in [-0.2, -0.15) is 13.2 Å². The predicted molar refractivity (Wildman–Crippen MR) is 121 cm³/mol. The van der Waals surface area contributed by atoms with Crippen LogP contribution in [0.1, 0.15) is 19.3 Å². The predicted octanol–water partition coefficient (Wildman–Crippen LogP) is 3.76. The molecule has 0 unspecified atom stereocenters. The van der Waals surface area contributed by atoms with E-state index in [9.17, 15) is 18.0 Å². The minimum Gasteiger partial charge on any atom is -0.381 e. The van der Waals surface area contributed by atoms with Crippen LogP contribution in [0.5, 0.6) is 0 Å². The van der Waals surface area contributed by atoms with E-state index in [2.05, 4.69) is 30.9 Å². The number of hydrogen-bond donors (Lipinski definition) is 3. The van der Waals surface area contributed by atoms with Crippen molar-refractivity contribution in [2.45, 2.75) is 25.4 Å². The number of rotatable bonds is 6. The van der Waals surface area contributed by atoms with E-state index in [1.807, 2.05) is 0 Å². The van der Waals surface area contributed by atoms with Crippen molar-refractivity contribution in [3.63, 3.8) is 0 Å². The highest BCUT2D eigenvalue weighted by Gasteiger charge is 2.43. The molecule has 34 heavy (non-hydrogen) atoms. The molecule has 2 aromatic heterocycles. The largest absolute Gasteiger partial charge is 0.393 e. The second-order valence-electron chi connectivity index (χ2n) is 8.59. The van der Waals surface area contributed by atoms with Gasteiger partial charge in [-0.1, -0.05) is 11.6 Å². The fourth-order valence-electron chi connectivity index (χ4n) is 4.10. The molecule has 4 rings (SSSR count). The maximum absolute atomic E-state index is 13.1. The van der Waals surface area contributed by atoms with Gasteiger partial charge in [-0.25, -0.2) is 9.97 Å². The Morgan fingerprint density at radius 1 is 1.18 bits per heavy atom. The van der Waals surface area contributed by atoms with E-state index in [1.54, 1.807) is 18.5 Å². The number of carbonyl (C=O) groups excluding carboxylic acids is 1. The second kappa shape index (κ2) is 10.8. The molecule has 4 heterocycles. The first-order valence-corrected chi connectivity index (χ1v) is 11.5. The number of hydrogen-bond acceptors (Lipinski definition) is 7. The zero-order chi connectivity index (χ0) is 24.1. The van der Waals surface area contributed by atoms with E-state index in [0.29, 0.717) is 28.0 Å². The lowest BCUT2D eigenvalue weighted by molar-refractivity contribution is -0.181. The summed E-state index contributed by atoms with van der Waals surface area (Å²) < 4.78 is 44.6. The van der Waals surface area contributed by atoms with Gasteiger partial charge in [0, 0.05) is 44.6 Å². The number of piperidine rings is 1. The summed E-state index contributed by atoms with van der Waals surface area (Å²) in [4.78, 5) is 25.5. The van der Waals surface area contributed by atoms with Gasteiger partial charge in [0.15, 0.2) is 0 Å². The Morgan fingerprint density at radius 3 is 2.74 bits per heavy atom. The fourth-order valence-corrected chi connectivity index (χ4v) is 4.30. The number of carbonyl (C=O) groups is 1.